The molecule has 0 aromatic heterocycles. The molecule has 0 saturated carbocycles. The molecule has 3 heteroatoms. The predicted octanol–water partition coefficient (Wildman–Crippen LogP) is 3.68. The van der Waals surface area contributed by atoms with E-state index in [0.717, 1.165) is 10.6 Å². The summed E-state index contributed by atoms with van der Waals surface area (Å²) < 4.78 is 6.65. The number of rotatable bonds is 2. The average molecular weight is 244 g/mol. The Balaban J connectivity index is 3.04. The number of hydrogen-bond acceptors (Lipinski definition) is 3. The third kappa shape index (κ3) is 2.45. The first kappa shape index (κ1) is 13.2. The number of ether oxygens (including phenoxy) is 1. The summed E-state index contributed by atoms with van der Waals surface area (Å²) in [4.78, 5) is 0. The molecule has 1 nitrogen and oxygen atoms in total. The highest BCUT2D eigenvalue weighted by Crippen LogP contribution is 2.44. The molecule has 0 aromatic rings. The van der Waals surface area contributed by atoms with Crippen molar-refractivity contribution in [3.05, 3.63) is 11.6 Å². The molecule has 0 bridgehead atoms. The molecule has 0 unspecified atom stereocenters. The number of hydrogen-bond donors (Lipinski definition) is 0. The molecule has 0 amide bonds. The first-order valence-corrected chi connectivity index (χ1v) is 6.85. The Morgan fingerprint density at radius 2 is 2.20 bits per heavy atom. The minimum Gasteiger partial charge on any atom is -0.381 e. The minimum atomic E-state index is 0.105. The smallest absolute Gasteiger partial charge is 0.0666 e. The zero-order valence-electron chi connectivity index (χ0n) is 10.2. The van der Waals surface area contributed by atoms with Crippen LogP contribution in [0.1, 0.15) is 27.2 Å². The molecule has 0 fully saturated rings. The van der Waals surface area contributed by atoms with Gasteiger partial charge in [-0.05, 0) is 19.6 Å². The van der Waals surface area contributed by atoms with Crippen molar-refractivity contribution in [1.82, 2.24) is 0 Å². The number of methoxy groups -OCH3 is 1. The molecule has 0 N–H and O–H groups in total. The van der Waals surface area contributed by atoms with Gasteiger partial charge in [0.2, 0.25) is 0 Å². The Hall–Kier alpha value is 0.140. The largest absolute Gasteiger partial charge is 0.381 e. The summed E-state index contributed by atoms with van der Waals surface area (Å²) >= 11 is 7.15. The van der Waals surface area contributed by atoms with E-state index in [4.69, 9.17) is 17.0 Å². The van der Waals surface area contributed by atoms with Crippen molar-refractivity contribution >= 4 is 28.2 Å². The fourth-order valence-corrected chi connectivity index (χ4v) is 3.71. The van der Waals surface area contributed by atoms with Crippen LogP contribution in [0.5, 0.6) is 0 Å². The Bertz CT molecular complexity index is 281. The monoisotopic (exact) mass is 244 g/mol. The Kier molecular flexibility index (Phi) is 4.38. The maximum absolute atomic E-state index is 5.57. The van der Waals surface area contributed by atoms with Crippen molar-refractivity contribution in [2.45, 2.75) is 33.3 Å². The van der Waals surface area contributed by atoms with Crippen molar-refractivity contribution in [3.8, 4) is 0 Å². The summed E-state index contributed by atoms with van der Waals surface area (Å²) in [5, 5.41) is 0. The Morgan fingerprint density at radius 1 is 1.60 bits per heavy atom. The quantitative estimate of drug-likeness (QED) is 0.541. The molecule has 2 atom stereocenters. The van der Waals surface area contributed by atoms with E-state index in [1.165, 1.54) is 5.57 Å². The van der Waals surface area contributed by atoms with Crippen LogP contribution in [0.2, 0.25) is 0 Å². The van der Waals surface area contributed by atoms with Gasteiger partial charge in [-0.15, -0.1) is 11.8 Å². The van der Waals surface area contributed by atoms with Crippen LogP contribution >= 0.6 is 24.0 Å². The molecule has 86 valence electrons. The maximum Gasteiger partial charge on any atom is 0.0666 e. The maximum atomic E-state index is 5.57. The zero-order valence-corrected chi connectivity index (χ0v) is 11.8. The SMILES string of the molecule is CO[C@H]1CC=C(C)[C@H](C(=S)SC)C1(C)C. The van der Waals surface area contributed by atoms with Crippen LogP contribution in [-0.2, 0) is 4.74 Å². The highest BCUT2D eigenvalue weighted by molar-refractivity contribution is 8.22. The summed E-state index contributed by atoms with van der Waals surface area (Å²) in [6, 6.07) is 0. The van der Waals surface area contributed by atoms with Crippen LogP contribution in [-0.4, -0.2) is 23.7 Å². The van der Waals surface area contributed by atoms with Crippen molar-refractivity contribution in [2.75, 3.05) is 13.4 Å². The third-order valence-corrected chi connectivity index (χ3v) is 4.78. The van der Waals surface area contributed by atoms with Gasteiger partial charge >= 0.3 is 0 Å². The summed E-state index contributed by atoms with van der Waals surface area (Å²) in [7, 11) is 1.79. The highest BCUT2D eigenvalue weighted by Gasteiger charge is 2.42. The lowest BCUT2D eigenvalue weighted by atomic mass is 9.67. The van der Waals surface area contributed by atoms with E-state index in [-0.39, 0.29) is 11.5 Å². The number of thioether (sulfide) groups is 1. The first-order valence-electron chi connectivity index (χ1n) is 5.22. The molecule has 0 spiro atoms. The molecular weight excluding hydrogens is 224 g/mol. The fraction of sp³-hybridized carbons (Fsp3) is 0.750. The number of thiocarbonyl (C=S) groups is 1. The van der Waals surface area contributed by atoms with Gasteiger partial charge in [0.1, 0.15) is 0 Å². The van der Waals surface area contributed by atoms with E-state index < -0.39 is 0 Å². The van der Waals surface area contributed by atoms with Gasteiger partial charge in [0.05, 0.1) is 10.3 Å². The van der Waals surface area contributed by atoms with Crippen molar-refractivity contribution in [1.29, 1.82) is 0 Å². The molecule has 0 saturated heterocycles. The van der Waals surface area contributed by atoms with E-state index in [1.54, 1.807) is 18.9 Å². The second-order valence-corrected chi connectivity index (χ2v) is 6.23. The molecule has 0 aliphatic heterocycles. The summed E-state index contributed by atoms with van der Waals surface area (Å²) in [6.45, 7) is 6.69. The molecule has 1 aliphatic carbocycles. The van der Waals surface area contributed by atoms with E-state index in [2.05, 4.69) is 33.1 Å². The molecule has 1 rings (SSSR count). The summed E-state index contributed by atoms with van der Waals surface area (Å²) in [6.07, 6.45) is 5.61. The predicted molar refractivity (Wildman–Crippen MR) is 72.6 cm³/mol. The summed E-state index contributed by atoms with van der Waals surface area (Å²) in [5.74, 6) is 0.362. The van der Waals surface area contributed by atoms with Crippen molar-refractivity contribution < 1.29 is 4.74 Å². The van der Waals surface area contributed by atoms with Crippen molar-refractivity contribution in [2.24, 2.45) is 11.3 Å². The van der Waals surface area contributed by atoms with Gasteiger partial charge in [-0.2, -0.15) is 0 Å². The zero-order chi connectivity index (χ0) is 11.6. The second-order valence-electron chi connectivity index (χ2n) is 4.69. The van der Waals surface area contributed by atoms with Crippen LogP contribution in [0.15, 0.2) is 11.6 Å². The average Bonchev–Trinajstić information content (AvgIpc) is 2.16. The minimum absolute atomic E-state index is 0.105. The molecule has 0 aromatic carbocycles. The lowest BCUT2D eigenvalue weighted by Crippen LogP contribution is -2.43. The second kappa shape index (κ2) is 4.98. The van der Waals surface area contributed by atoms with Crippen LogP contribution in [0.4, 0.5) is 0 Å². The standard InChI is InChI=1S/C12H20OS2/c1-8-6-7-9(13-4)12(2,3)10(8)11(14)15-5/h6,9-10H,7H2,1-5H3/t9-,10+/m0/s1. The molecule has 15 heavy (non-hydrogen) atoms. The molecule has 0 radical (unpaired) electrons. The van der Waals surface area contributed by atoms with Crippen LogP contribution < -0.4 is 0 Å². The Morgan fingerprint density at radius 3 is 2.67 bits per heavy atom. The van der Waals surface area contributed by atoms with Gasteiger partial charge in [-0.25, -0.2) is 0 Å². The molecular formula is C12H20OS2. The van der Waals surface area contributed by atoms with E-state index in [9.17, 15) is 0 Å². The van der Waals surface area contributed by atoms with Crippen LogP contribution in [0, 0.1) is 11.3 Å². The molecule has 1 aliphatic rings. The summed E-state index contributed by atoms with van der Waals surface area (Å²) in [5.41, 5.74) is 1.50. The molecule has 0 heterocycles. The normalized spacial score (nSPS) is 29.8. The Labute approximate surface area is 103 Å². The van der Waals surface area contributed by atoms with Gasteiger partial charge in [-0.1, -0.05) is 37.7 Å². The number of allylic oxidation sites excluding steroid dienone is 1. The van der Waals surface area contributed by atoms with Gasteiger partial charge in [0.15, 0.2) is 0 Å². The van der Waals surface area contributed by atoms with Gasteiger partial charge in [-0.3, -0.25) is 0 Å². The van der Waals surface area contributed by atoms with E-state index in [0.29, 0.717) is 5.92 Å². The van der Waals surface area contributed by atoms with Gasteiger partial charge < -0.3 is 4.74 Å². The van der Waals surface area contributed by atoms with Crippen LogP contribution in [0.25, 0.3) is 0 Å². The van der Waals surface area contributed by atoms with E-state index in [1.807, 2.05) is 0 Å². The third-order valence-electron chi connectivity index (χ3n) is 3.40. The van der Waals surface area contributed by atoms with Gasteiger partial charge in [0, 0.05) is 18.4 Å². The van der Waals surface area contributed by atoms with Gasteiger partial charge in [0.25, 0.3) is 0 Å². The van der Waals surface area contributed by atoms with Crippen LogP contribution in [0.3, 0.4) is 0 Å². The lowest BCUT2D eigenvalue weighted by Gasteiger charge is -2.43. The van der Waals surface area contributed by atoms with E-state index >= 15 is 0 Å². The lowest BCUT2D eigenvalue weighted by molar-refractivity contribution is -0.00821. The fourth-order valence-electron chi connectivity index (χ4n) is 2.49. The first-order chi connectivity index (χ1) is 6.95. The highest BCUT2D eigenvalue weighted by atomic mass is 32.2. The topological polar surface area (TPSA) is 9.23 Å². The van der Waals surface area contributed by atoms with Crippen molar-refractivity contribution in [3.63, 3.8) is 0 Å².